The summed E-state index contributed by atoms with van der Waals surface area (Å²) in [6.45, 7) is 1.91. The molecule has 0 bridgehead atoms. The molecule has 0 saturated heterocycles. The molecular formula is C12H14ClN5OS. The number of benzene rings is 1. The number of aromatic nitrogens is 3. The number of carbonyl (C=O) groups excluding carboxylic acids is 1. The van der Waals surface area contributed by atoms with Gasteiger partial charge in [0.05, 0.1) is 11.8 Å². The van der Waals surface area contributed by atoms with Crippen molar-refractivity contribution in [1.82, 2.24) is 20.5 Å². The van der Waals surface area contributed by atoms with E-state index in [1.165, 1.54) is 11.8 Å². The summed E-state index contributed by atoms with van der Waals surface area (Å²) in [6, 6.07) is 7.28. The first-order valence-electron chi connectivity index (χ1n) is 5.90. The van der Waals surface area contributed by atoms with E-state index in [2.05, 4.69) is 20.5 Å². The first-order chi connectivity index (χ1) is 9.54. The molecule has 106 valence electrons. The van der Waals surface area contributed by atoms with Gasteiger partial charge in [0.25, 0.3) is 0 Å². The molecule has 1 aromatic carbocycles. The lowest BCUT2D eigenvalue weighted by molar-refractivity contribution is -0.119. The van der Waals surface area contributed by atoms with Crippen molar-refractivity contribution in [3.63, 3.8) is 0 Å². The Balaban J connectivity index is 1.83. The molecule has 1 heterocycles. The van der Waals surface area contributed by atoms with Crippen molar-refractivity contribution in [1.29, 1.82) is 0 Å². The van der Waals surface area contributed by atoms with Crippen molar-refractivity contribution in [3.8, 4) is 0 Å². The Labute approximate surface area is 125 Å². The maximum absolute atomic E-state index is 11.8. The van der Waals surface area contributed by atoms with Gasteiger partial charge in [0.1, 0.15) is 0 Å². The third-order valence-electron chi connectivity index (χ3n) is 2.56. The van der Waals surface area contributed by atoms with Gasteiger partial charge in [-0.05, 0) is 24.6 Å². The number of thioether (sulfide) groups is 1. The number of H-pyrrole nitrogens is 1. The zero-order chi connectivity index (χ0) is 14.5. The van der Waals surface area contributed by atoms with E-state index in [9.17, 15) is 4.79 Å². The molecule has 0 radical (unpaired) electrons. The highest BCUT2D eigenvalue weighted by molar-refractivity contribution is 7.99. The Kier molecular flexibility index (Phi) is 4.86. The van der Waals surface area contributed by atoms with Gasteiger partial charge in [0, 0.05) is 5.02 Å². The van der Waals surface area contributed by atoms with E-state index in [4.69, 9.17) is 17.3 Å². The van der Waals surface area contributed by atoms with Gasteiger partial charge in [-0.2, -0.15) is 4.98 Å². The molecule has 0 aliphatic rings. The molecule has 20 heavy (non-hydrogen) atoms. The summed E-state index contributed by atoms with van der Waals surface area (Å²) in [7, 11) is 0. The number of nitrogens with zero attached hydrogens (tertiary/aromatic N) is 2. The van der Waals surface area contributed by atoms with Crippen LogP contribution in [0.1, 0.15) is 18.5 Å². The molecule has 0 fully saturated rings. The average molecular weight is 312 g/mol. The van der Waals surface area contributed by atoms with Gasteiger partial charge in [-0.25, -0.2) is 5.10 Å². The normalized spacial score (nSPS) is 12.1. The number of aromatic amines is 1. The summed E-state index contributed by atoms with van der Waals surface area (Å²) in [5.41, 5.74) is 6.40. The van der Waals surface area contributed by atoms with E-state index in [-0.39, 0.29) is 23.7 Å². The topological polar surface area (TPSA) is 96.7 Å². The molecule has 8 heteroatoms. The molecule has 0 aliphatic carbocycles. The van der Waals surface area contributed by atoms with Gasteiger partial charge in [-0.3, -0.25) is 4.79 Å². The molecule has 0 spiro atoms. The predicted octanol–water partition coefficient (Wildman–Crippen LogP) is 2.01. The number of nitrogens with one attached hydrogen (secondary N) is 2. The number of hydrogen-bond acceptors (Lipinski definition) is 5. The van der Waals surface area contributed by atoms with Crippen molar-refractivity contribution in [2.45, 2.75) is 18.1 Å². The molecule has 0 saturated carbocycles. The van der Waals surface area contributed by atoms with Crippen LogP contribution in [0.15, 0.2) is 29.4 Å². The van der Waals surface area contributed by atoms with Crippen molar-refractivity contribution in [3.05, 3.63) is 34.9 Å². The van der Waals surface area contributed by atoms with E-state index in [0.717, 1.165) is 5.56 Å². The number of amides is 1. The summed E-state index contributed by atoms with van der Waals surface area (Å²) in [4.78, 5) is 15.7. The lowest BCUT2D eigenvalue weighted by Crippen LogP contribution is -2.28. The van der Waals surface area contributed by atoms with Crippen LogP contribution in [0.4, 0.5) is 5.95 Å². The first-order valence-corrected chi connectivity index (χ1v) is 7.26. The Hall–Kier alpha value is -1.73. The molecule has 2 aromatic rings. The Morgan fingerprint density at radius 3 is 2.80 bits per heavy atom. The fraction of sp³-hybridized carbons (Fsp3) is 0.250. The number of rotatable bonds is 5. The van der Waals surface area contributed by atoms with E-state index < -0.39 is 0 Å². The van der Waals surface area contributed by atoms with Crippen LogP contribution in [0.25, 0.3) is 0 Å². The molecular weight excluding hydrogens is 298 g/mol. The molecule has 6 nitrogen and oxygen atoms in total. The quantitative estimate of drug-likeness (QED) is 0.734. The summed E-state index contributed by atoms with van der Waals surface area (Å²) in [5.74, 6) is 0.373. The van der Waals surface area contributed by atoms with E-state index in [0.29, 0.717) is 10.2 Å². The lowest BCUT2D eigenvalue weighted by Gasteiger charge is -2.13. The smallest absolute Gasteiger partial charge is 0.230 e. The van der Waals surface area contributed by atoms with Crippen molar-refractivity contribution >= 4 is 35.2 Å². The van der Waals surface area contributed by atoms with Crippen LogP contribution in [0.3, 0.4) is 0 Å². The monoisotopic (exact) mass is 311 g/mol. The molecule has 1 amide bonds. The Morgan fingerprint density at radius 2 is 2.20 bits per heavy atom. The molecule has 4 N–H and O–H groups in total. The van der Waals surface area contributed by atoms with Crippen LogP contribution in [-0.2, 0) is 4.79 Å². The standard InChI is InChI=1S/C12H14ClN5OS/c1-7(8-2-4-9(13)5-3-8)15-10(19)6-20-12-16-11(14)17-18-12/h2-5,7H,6H2,1H3,(H,15,19)(H3,14,16,17,18)/t7-/m1/s1. The lowest BCUT2D eigenvalue weighted by atomic mass is 10.1. The molecule has 1 atom stereocenters. The van der Waals surface area contributed by atoms with Gasteiger partial charge >= 0.3 is 0 Å². The van der Waals surface area contributed by atoms with Crippen molar-refractivity contribution in [2.75, 3.05) is 11.5 Å². The van der Waals surface area contributed by atoms with E-state index in [1.54, 1.807) is 12.1 Å². The third kappa shape index (κ3) is 4.14. The minimum atomic E-state index is -0.0965. The van der Waals surface area contributed by atoms with Gasteiger partial charge < -0.3 is 11.1 Å². The second-order valence-electron chi connectivity index (χ2n) is 4.13. The van der Waals surface area contributed by atoms with Crippen LogP contribution in [-0.4, -0.2) is 26.8 Å². The first kappa shape index (κ1) is 14.7. The largest absolute Gasteiger partial charge is 0.368 e. The average Bonchev–Trinajstić information content (AvgIpc) is 2.83. The number of hydrogen-bond donors (Lipinski definition) is 3. The highest BCUT2D eigenvalue weighted by atomic mass is 35.5. The zero-order valence-electron chi connectivity index (χ0n) is 10.8. The van der Waals surface area contributed by atoms with Crippen LogP contribution >= 0.6 is 23.4 Å². The third-order valence-corrected chi connectivity index (χ3v) is 3.66. The van der Waals surface area contributed by atoms with Crippen LogP contribution in [0, 0.1) is 0 Å². The number of nitrogen functional groups attached to an aromatic ring is 1. The van der Waals surface area contributed by atoms with Gasteiger partial charge in [0.15, 0.2) is 0 Å². The second kappa shape index (κ2) is 6.62. The summed E-state index contributed by atoms with van der Waals surface area (Å²) < 4.78 is 0. The van der Waals surface area contributed by atoms with E-state index in [1.807, 2.05) is 19.1 Å². The number of halogens is 1. The Bertz CT molecular complexity index is 586. The summed E-state index contributed by atoms with van der Waals surface area (Å²) in [6.07, 6.45) is 0. The Morgan fingerprint density at radius 1 is 1.50 bits per heavy atom. The highest BCUT2D eigenvalue weighted by Gasteiger charge is 2.11. The molecule has 0 unspecified atom stereocenters. The fourth-order valence-electron chi connectivity index (χ4n) is 1.57. The maximum atomic E-state index is 11.8. The number of nitrogens with two attached hydrogens (primary N) is 1. The van der Waals surface area contributed by atoms with Crippen LogP contribution in [0.5, 0.6) is 0 Å². The SMILES string of the molecule is C[C@@H](NC(=O)CSc1n[nH]c(N)n1)c1ccc(Cl)cc1. The van der Waals surface area contributed by atoms with Gasteiger partial charge in [-0.15, -0.1) is 5.10 Å². The van der Waals surface area contributed by atoms with Crippen LogP contribution < -0.4 is 11.1 Å². The van der Waals surface area contributed by atoms with E-state index >= 15 is 0 Å². The zero-order valence-corrected chi connectivity index (χ0v) is 12.3. The molecule has 0 aliphatic heterocycles. The maximum Gasteiger partial charge on any atom is 0.230 e. The summed E-state index contributed by atoms with van der Waals surface area (Å²) >= 11 is 7.05. The predicted molar refractivity (Wildman–Crippen MR) is 79.5 cm³/mol. The molecule has 2 rings (SSSR count). The van der Waals surface area contributed by atoms with Crippen molar-refractivity contribution < 1.29 is 4.79 Å². The fourth-order valence-corrected chi connectivity index (χ4v) is 2.31. The number of anilines is 1. The molecule has 1 aromatic heterocycles. The minimum Gasteiger partial charge on any atom is -0.368 e. The van der Waals surface area contributed by atoms with Crippen LogP contribution in [0.2, 0.25) is 5.02 Å². The highest BCUT2D eigenvalue weighted by Crippen LogP contribution is 2.17. The minimum absolute atomic E-state index is 0.0856. The van der Waals surface area contributed by atoms with Gasteiger partial charge in [0.2, 0.25) is 17.0 Å². The van der Waals surface area contributed by atoms with Gasteiger partial charge in [-0.1, -0.05) is 35.5 Å². The second-order valence-corrected chi connectivity index (χ2v) is 5.51. The van der Waals surface area contributed by atoms with Crippen molar-refractivity contribution in [2.24, 2.45) is 0 Å². The summed E-state index contributed by atoms with van der Waals surface area (Å²) in [5, 5.41) is 10.4. The number of carbonyl (C=O) groups is 1.